The van der Waals surface area contributed by atoms with Gasteiger partial charge >= 0.3 is 0 Å². The van der Waals surface area contributed by atoms with Crippen molar-refractivity contribution in [2.75, 3.05) is 10.6 Å². The van der Waals surface area contributed by atoms with Crippen molar-refractivity contribution in [2.24, 2.45) is 0 Å². The van der Waals surface area contributed by atoms with Crippen LogP contribution in [0.3, 0.4) is 0 Å². The van der Waals surface area contributed by atoms with Gasteiger partial charge in [-0.25, -0.2) is 0 Å². The third kappa shape index (κ3) is 6.31. The topological polar surface area (TPSA) is 58.2 Å². The van der Waals surface area contributed by atoms with Gasteiger partial charge in [0, 0.05) is 21.8 Å². The number of anilines is 2. The molecular formula is C30H30N2O2S. The van der Waals surface area contributed by atoms with Crippen molar-refractivity contribution in [3.05, 3.63) is 102 Å². The predicted octanol–water partition coefficient (Wildman–Crippen LogP) is 7.72. The van der Waals surface area contributed by atoms with E-state index < -0.39 is 0 Å². The summed E-state index contributed by atoms with van der Waals surface area (Å²) in [7, 11) is 0. The molecule has 4 aromatic carbocycles. The minimum Gasteiger partial charge on any atom is -0.325 e. The van der Waals surface area contributed by atoms with Crippen LogP contribution in [0.2, 0.25) is 0 Å². The average molecular weight is 483 g/mol. The molecule has 1 atom stereocenters. The smallest absolute Gasteiger partial charge is 0.255 e. The van der Waals surface area contributed by atoms with Gasteiger partial charge in [0.25, 0.3) is 5.91 Å². The van der Waals surface area contributed by atoms with E-state index >= 15 is 0 Å². The Hall–Kier alpha value is -3.57. The maximum atomic E-state index is 12.9. The first-order valence-corrected chi connectivity index (χ1v) is 12.8. The molecule has 0 saturated heterocycles. The highest BCUT2D eigenvalue weighted by Crippen LogP contribution is 2.29. The number of hydrogen-bond donors (Lipinski definition) is 2. The summed E-state index contributed by atoms with van der Waals surface area (Å²) in [4.78, 5) is 26.7. The predicted molar refractivity (Wildman–Crippen MR) is 147 cm³/mol. The number of hydrogen-bond acceptors (Lipinski definition) is 3. The van der Waals surface area contributed by atoms with Crippen molar-refractivity contribution in [1.29, 1.82) is 0 Å². The molecule has 4 aromatic rings. The van der Waals surface area contributed by atoms with Crippen molar-refractivity contribution >= 4 is 45.7 Å². The van der Waals surface area contributed by atoms with Gasteiger partial charge in [-0.05, 0) is 71.1 Å². The highest BCUT2D eigenvalue weighted by molar-refractivity contribution is 8.00. The Kier molecular flexibility index (Phi) is 7.88. The second kappa shape index (κ2) is 11.2. The van der Waals surface area contributed by atoms with Gasteiger partial charge in [0.15, 0.2) is 0 Å². The highest BCUT2D eigenvalue weighted by Gasteiger charge is 2.18. The average Bonchev–Trinajstić information content (AvgIpc) is 2.87. The standard InChI is InChI=1S/C30H30N2O2S/c1-4-28(30(34)31-25-16-14-21(15-17-25)20(2)3)35-27-11-7-10-26(19-27)32-29(33)24-13-12-22-8-5-6-9-23(22)18-24/h5-20,28H,4H2,1-3H3,(H,31,34)(H,32,33). The van der Waals surface area contributed by atoms with Crippen LogP contribution in [-0.2, 0) is 4.79 Å². The quantitative estimate of drug-likeness (QED) is 0.253. The Morgan fingerprint density at radius 1 is 0.771 bits per heavy atom. The summed E-state index contributed by atoms with van der Waals surface area (Å²) in [5.41, 5.74) is 3.35. The molecule has 0 aromatic heterocycles. The molecule has 0 fully saturated rings. The Morgan fingerprint density at radius 2 is 1.51 bits per heavy atom. The normalized spacial score (nSPS) is 11.9. The molecule has 0 saturated carbocycles. The largest absolute Gasteiger partial charge is 0.325 e. The Labute approximate surface area is 211 Å². The summed E-state index contributed by atoms with van der Waals surface area (Å²) >= 11 is 1.50. The van der Waals surface area contributed by atoms with Crippen LogP contribution >= 0.6 is 11.8 Å². The molecule has 2 amide bonds. The first-order valence-electron chi connectivity index (χ1n) is 11.9. The number of benzene rings is 4. The van der Waals surface area contributed by atoms with Gasteiger partial charge < -0.3 is 10.6 Å². The summed E-state index contributed by atoms with van der Waals surface area (Å²) in [6.07, 6.45) is 0.689. The van der Waals surface area contributed by atoms with Gasteiger partial charge in [-0.1, -0.05) is 69.3 Å². The summed E-state index contributed by atoms with van der Waals surface area (Å²) in [5.74, 6) is 0.264. The molecule has 0 radical (unpaired) electrons. The van der Waals surface area contributed by atoms with Crippen molar-refractivity contribution < 1.29 is 9.59 Å². The number of rotatable bonds is 8. The zero-order chi connectivity index (χ0) is 24.8. The van der Waals surface area contributed by atoms with Gasteiger partial charge in [0.2, 0.25) is 5.91 Å². The van der Waals surface area contributed by atoms with E-state index in [1.807, 2.05) is 85.8 Å². The molecule has 2 N–H and O–H groups in total. The molecule has 0 bridgehead atoms. The number of fused-ring (bicyclic) bond motifs is 1. The molecule has 35 heavy (non-hydrogen) atoms. The lowest BCUT2D eigenvalue weighted by molar-refractivity contribution is -0.115. The van der Waals surface area contributed by atoms with Crippen LogP contribution in [-0.4, -0.2) is 17.1 Å². The molecule has 0 heterocycles. The Balaban J connectivity index is 1.41. The van der Waals surface area contributed by atoms with E-state index in [9.17, 15) is 9.59 Å². The van der Waals surface area contributed by atoms with Crippen LogP contribution in [0.15, 0.2) is 95.9 Å². The van der Waals surface area contributed by atoms with E-state index in [0.29, 0.717) is 23.6 Å². The van der Waals surface area contributed by atoms with Crippen molar-refractivity contribution in [2.45, 2.75) is 43.3 Å². The van der Waals surface area contributed by atoms with Crippen LogP contribution in [0.25, 0.3) is 10.8 Å². The first-order chi connectivity index (χ1) is 16.9. The Morgan fingerprint density at radius 3 is 2.23 bits per heavy atom. The fourth-order valence-electron chi connectivity index (χ4n) is 3.84. The molecule has 0 aliphatic rings. The fraction of sp³-hybridized carbons (Fsp3) is 0.200. The molecule has 5 heteroatoms. The zero-order valence-corrected chi connectivity index (χ0v) is 21.1. The van der Waals surface area contributed by atoms with E-state index in [4.69, 9.17) is 0 Å². The van der Waals surface area contributed by atoms with Crippen molar-refractivity contribution in [3.8, 4) is 0 Å². The molecule has 178 valence electrons. The van der Waals surface area contributed by atoms with E-state index in [-0.39, 0.29) is 17.1 Å². The lowest BCUT2D eigenvalue weighted by atomic mass is 10.0. The third-order valence-electron chi connectivity index (χ3n) is 5.89. The molecule has 0 aliphatic carbocycles. The van der Waals surface area contributed by atoms with Crippen molar-refractivity contribution in [1.82, 2.24) is 0 Å². The highest BCUT2D eigenvalue weighted by atomic mass is 32.2. The SMILES string of the molecule is CCC(Sc1cccc(NC(=O)c2ccc3ccccc3c2)c1)C(=O)Nc1ccc(C(C)C)cc1. The van der Waals surface area contributed by atoms with Crippen LogP contribution < -0.4 is 10.6 Å². The first kappa shape index (κ1) is 24.6. The van der Waals surface area contributed by atoms with E-state index in [1.165, 1.54) is 17.3 Å². The summed E-state index contributed by atoms with van der Waals surface area (Å²) < 4.78 is 0. The van der Waals surface area contributed by atoms with E-state index in [1.54, 1.807) is 0 Å². The minimum absolute atomic E-state index is 0.0274. The molecule has 1 unspecified atom stereocenters. The Bertz CT molecular complexity index is 1330. The number of carbonyl (C=O) groups excluding carboxylic acids is 2. The zero-order valence-electron chi connectivity index (χ0n) is 20.2. The van der Waals surface area contributed by atoms with Crippen molar-refractivity contribution in [3.63, 3.8) is 0 Å². The number of carbonyl (C=O) groups is 2. The lowest BCUT2D eigenvalue weighted by Crippen LogP contribution is -2.24. The van der Waals surface area contributed by atoms with Gasteiger partial charge in [0.1, 0.15) is 0 Å². The van der Waals surface area contributed by atoms with Gasteiger partial charge in [-0.3, -0.25) is 9.59 Å². The molecule has 0 spiro atoms. The van der Waals surface area contributed by atoms with Crippen LogP contribution in [0.4, 0.5) is 11.4 Å². The maximum Gasteiger partial charge on any atom is 0.255 e. The molecule has 4 rings (SSSR count). The minimum atomic E-state index is -0.244. The second-order valence-corrected chi connectivity index (χ2v) is 10.1. The second-order valence-electron chi connectivity index (χ2n) is 8.82. The summed E-state index contributed by atoms with van der Waals surface area (Å²) in [6.45, 7) is 6.30. The number of nitrogens with one attached hydrogen (secondary N) is 2. The third-order valence-corrected chi connectivity index (χ3v) is 7.25. The number of thioether (sulfide) groups is 1. The molecule has 4 nitrogen and oxygen atoms in total. The van der Waals surface area contributed by atoms with Crippen LogP contribution in [0.1, 0.15) is 49.0 Å². The van der Waals surface area contributed by atoms with E-state index in [0.717, 1.165) is 21.4 Å². The fourth-order valence-corrected chi connectivity index (χ4v) is 4.85. The maximum absolute atomic E-state index is 12.9. The van der Waals surface area contributed by atoms with E-state index in [2.05, 4.69) is 36.6 Å². The molecular weight excluding hydrogens is 452 g/mol. The van der Waals surface area contributed by atoms with Gasteiger partial charge in [-0.15, -0.1) is 11.8 Å². The number of amides is 2. The van der Waals surface area contributed by atoms with Gasteiger partial charge in [-0.2, -0.15) is 0 Å². The summed E-state index contributed by atoms with van der Waals surface area (Å²) in [6, 6.07) is 29.3. The van der Waals surface area contributed by atoms with Gasteiger partial charge in [0.05, 0.1) is 5.25 Å². The van der Waals surface area contributed by atoms with Crippen LogP contribution in [0.5, 0.6) is 0 Å². The summed E-state index contributed by atoms with van der Waals surface area (Å²) in [5, 5.41) is 7.90. The lowest BCUT2D eigenvalue weighted by Gasteiger charge is -2.16. The monoisotopic (exact) mass is 482 g/mol. The van der Waals surface area contributed by atoms with Crippen LogP contribution in [0, 0.1) is 0 Å². The molecule has 0 aliphatic heterocycles.